The minimum atomic E-state index is -1.01. The van der Waals surface area contributed by atoms with Gasteiger partial charge in [0.1, 0.15) is 23.4 Å². The van der Waals surface area contributed by atoms with Crippen LogP contribution in [0.3, 0.4) is 0 Å². The highest BCUT2D eigenvalue weighted by atomic mass is 32.1. The molecule has 0 aliphatic carbocycles. The van der Waals surface area contributed by atoms with Gasteiger partial charge in [0.05, 0.1) is 7.11 Å². The van der Waals surface area contributed by atoms with Crippen molar-refractivity contribution in [2.45, 2.75) is 83.9 Å². The van der Waals surface area contributed by atoms with Crippen LogP contribution in [0.5, 0.6) is 5.75 Å². The highest BCUT2D eigenvalue weighted by molar-refractivity contribution is 7.80. The summed E-state index contributed by atoms with van der Waals surface area (Å²) in [6, 6.07) is 11.9. The molecule has 2 atom stereocenters. The third-order valence-electron chi connectivity index (χ3n) is 6.52. The summed E-state index contributed by atoms with van der Waals surface area (Å²) < 4.78 is 10.6. The predicted molar refractivity (Wildman–Crippen MR) is 171 cm³/mol. The molecule has 0 aromatic heterocycles. The molecule has 0 saturated heterocycles. The number of anilines is 1. The van der Waals surface area contributed by atoms with E-state index in [4.69, 9.17) is 15.9 Å². The normalized spacial score (nSPS) is 12.4. The fraction of sp³-hybridized carbons (Fsp3) is 0.485. The van der Waals surface area contributed by atoms with Crippen molar-refractivity contribution in [2.75, 3.05) is 24.7 Å². The molecule has 42 heavy (non-hydrogen) atoms. The van der Waals surface area contributed by atoms with Crippen LogP contribution >= 0.6 is 12.6 Å². The number of rotatable bonds is 15. The fourth-order valence-corrected chi connectivity index (χ4v) is 4.63. The van der Waals surface area contributed by atoms with Crippen LogP contribution in [-0.4, -0.2) is 53.9 Å². The zero-order chi connectivity index (χ0) is 31.1. The number of hydrogen-bond donors (Lipinski definition) is 3. The topological polar surface area (TPSA) is 97.0 Å². The number of benzene rings is 2. The Bertz CT molecular complexity index is 1190. The molecule has 0 aliphatic heterocycles. The molecule has 9 heteroatoms. The molecule has 2 aromatic rings. The molecule has 0 radical (unpaired) electrons. The average molecular weight is 596 g/mol. The lowest BCUT2D eigenvalue weighted by atomic mass is 10.0. The SMILES string of the molecule is C#Cc1ccc(C(C(=O)Nc2ccc(OC)cc2)N(CCCCCCCC)C(=O)C(CS)NC(=O)OC(C)(C)C)cc1. The first-order valence-electron chi connectivity index (χ1n) is 14.4. The molecule has 0 heterocycles. The molecule has 0 aliphatic rings. The molecule has 2 unspecified atom stereocenters. The lowest BCUT2D eigenvalue weighted by Gasteiger charge is -2.34. The van der Waals surface area contributed by atoms with Crippen molar-refractivity contribution < 1.29 is 23.9 Å². The molecular formula is C33H45N3O5S. The maximum absolute atomic E-state index is 14.1. The van der Waals surface area contributed by atoms with Gasteiger partial charge < -0.3 is 25.0 Å². The van der Waals surface area contributed by atoms with E-state index < -0.39 is 35.6 Å². The summed E-state index contributed by atoms with van der Waals surface area (Å²) in [5.41, 5.74) is 1.05. The van der Waals surface area contributed by atoms with Gasteiger partial charge >= 0.3 is 6.09 Å². The Morgan fingerprint density at radius 3 is 2.14 bits per heavy atom. The van der Waals surface area contributed by atoms with Gasteiger partial charge in [-0.3, -0.25) is 9.59 Å². The first-order chi connectivity index (χ1) is 20.0. The molecule has 8 nitrogen and oxygen atoms in total. The number of carbonyl (C=O) groups is 3. The molecule has 0 saturated carbocycles. The van der Waals surface area contributed by atoms with Gasteiger partial charge in [-0.05, 0) is 69.2 Å². The second-order valence-corrected chi connectivity index (χ2v) is 11.4. The van der Waals surface area contributed by atoms with Gasteiger partial charge in [0.15, 0.2) is 0 Å². The number of nitrogens with zero attached hydrogens (tertiary/aromatic N) is 1. The molecule has 0 fully saturated rings. The summed E-state index contributed by atoms with van der Waals surface area (Å²) in [6.45, 7) is 7.70. The van der Waals surface area contributed by atoms with Crippen LogP contribution in [0.2, 0.25) is 0 Å². The first kappa shape index (κ1) is 34.6. The van der Waals surface area contributed by atoms with Gasteiger partial charge in [-0.2, -0.15) is 12.6 Å². The van der Waals surface area contributed by atoms with Crippen LogP contribution in [0.1, 0.15) is 83.4 Å². The number of hydrogen-bond acceptors (Lipinski definition) is 6. The first-order valence-corrected chi connectivity index (χ1v) is 15.1. The Balaban J connectivity index is 2.46. The van der Waals surface area contributed by atoms with E-state index in [2.05, 4.69) is 36.1 Å². The number of unbranched alkanes of at least 4 members (excludes halogenated alkanes) is 5. The van der Waals surface area contributed by atoms with Crippen molar-refractivity contribution in [3.63, 3.8) is 0 Å². The second kappa shape index (κ2) is 17.3. The standard InChI is InChI=1S/C33H45N3O5S/c1-7-9-10-11-12-13-22-36(31(38)28(23-42)35-32(39)41-33(3,4)5)29(25-16-14-24(8-2)15-17-25)30(37)34-26-18-20-27(40-6)21-19-26/h2,14-21,28-29,42H,7,9-13,22-23H2,1,3-6H3,(H,34,37)(H,35,39). The van der Waals surface area contributed by atoms with E-state index in [1.807, 2.05) is 0 Å². The highest BCUT2D eigenvalue weighted by Gasteiger charge is 2.35. The number of amides is 3. The summed E-state index contributed by atoms with van der Waals surface area (Å²) in [7, 11) is 1.57. The number of thiol groups is 1. The van der Waals surface area contributed by atoms with Crippen molar-refractivity contribution in [1.29, 1.82) is 0 Å². The zero-order valence-corrected chi connectivity index (χ0v) is 26.3. The Labute approximate surface area is 256 Å². The summed E-state index contributed by atoms with van der Waals surface area (Å²) in [4.78, 5) is 42.2. The largest absolute Gasteiger partial charge is 0.497 e. The summed E-state index contributed by atoms with van der Waals surface area (Å²) in [6.07, 6.45) is 10.9. The number of methoxy groups -OCH3 is 1. The van der Waals surface area contributed by atoms with Gasteiger partial charge in [0, 0.05) is 23.5 Å². The minimum Gasteiger partial charge on any atom is -0.497 e. The van der Waals surface area contributed by atoms with E-state index >= 15 is 0 Å². The zero-order valence-electron chi connectivity index (χ0n) is 25.4. The van der Waals surface area contributed by atoms with E-state index in [1.165, 1.54) is 4.90 Å². The monoisotopic (exact) mass is 595 g/mol. The minimum absolute atomic E-state index is 0.0218. The Morgan fingerprint density at radius 2 is 1.60 bits per heavy atom. The number of nitrogens with one attached hydrogen (secondary N) is 2. The fourth-order valence-electron chi connectivity index (χ4n) is 4.38. The van der Waals surface area contributed by atoms with Crippen LogP contribution in [0.15, 0.2) is 48.5 Å². The second-order valence-electron chi connectivity index (χ2n) is 11.1. The lowest BCUT2D eigenvalue weighted by molar-refractivity contribution is -0.140. The highest BCUT2D eigenvalue weighted by Crippen LogP contribution is 2.26. The van der Waals surface area contributed by atoms with E-state index in [-0.39, 0.29) is 5.75 Å². The van der Waals surface area contributed by atoms with Crippen molar-refractivity contribution in [3.8, 4) is 18.1 Å². The van der Waals surface area contributed by atoms with Crippen molar-refractivity contribution in [3.05, 3.63) is 59.7 Å². The Morgan fingerprint density at radius 1 is 0.976 bits per heavy atom. The molecule has 0 spiro atoms. The van der Waals surface area contributed by atoms with E-state index in [0.29, 0.717) is 35.5 Å². The van der Waals surface area contributed by atoms with Crippen LogP contribution < -0.4 is 15.4 Å². The van der Waals surface area contributed by atoms with Crippen molar-refractivity contribution in [2.24, 2.45) is 0 Å². The smallest absolute Gasteiger partial charge is 0.408 e. The molecule has 2 aromatic carbocycles. The van der Waals surface area contributed by atoms with Crippen molar-refractivity contribution in [1.82, 2.24) is 10.2 Å². The van der Waals surface area contributed by atoms with Gasteiger partial charge in [-0.15, -0.1) is 6.42 Å². The maximum atomic E-state index is 14.1. The molecule has 2 rings (SSSR count). The molecule has 228 valence electrons. The van der Waals surface area contributed by atoms with Crippen LogP contribution in [0.4, 0.5) is 10.5 Å². The van der Waals surface area contributed by atoms with Gasteiger partial charge in [-0.25, -0.2) is 4.79 Å². The number of ether oxygens (including phenoxy) is 2. The van der Waals surface area contributed by atoms with Crippen molar-refractivity contribution >= 4 is 36.2 Å². The lowest BCUT2D eigenvalue weighted by Crippen LogP contribution is -2.53. The number of carbonyl (C=O) groups excluding carboxylic acids is 3. The van der Waals surface area contributed by atoms with E-state index in [1.54, 1.807) is 76.4 Å². The van der Waals surface area contributed by atoms with Gasteiger partial charge in [-0.1, -0.05) is 57.1 Å². The van der Waals surface area contributed by atoms with Gasteiger partial charge in [0.25, 0.3) is 5.91 Å². The number of alkyl carbamates (subject to hydrolysis) is 1. The third kappa shape index (κ3) is 11.3. The van der Waals surface area contributed by atoms with Crippen LogP contribution in [0.25, 0.3) is 0 Å². The summed E-state index contributed by atoms with van der Waals surface area (Å²) in [5, 5.41) is 5.59. The molecular weight excluding hydrogens is 550 g/mol. The maximum Gasteiger partial charge on any atom is 0.408 e. The summed E-state index contributed by atoms with van der Waals surface area (Å²) >= 11 is 4.36. The Kier molecular flexibility index (Phi) is 14.3. The number of terminal acetylenes is 1. The van der Waals surface area contributed by atoms with Gasteiger partial charge in [0.2, 0.25) is 5.91 Å². The van der Waals surface area contributed by atoms with E-state index in [0.717, 1.165) is 32.1 Å². The van der Waals surface area contributed by atoms with Crippen LogP contribution in [-0.2, 0) is 14.3 Å². The average Bonchev–Trinajstić information content (AvgIpc) is 2.96. The molecule has 3 amide bonds. The molecule has 2 N–H and O–H groups in total. The molecule has 0 bridgehead atoms. The summed E-state index contributed by atoms with van der Waals surface area (Å²) in [5.74, 6) is 2.43. The Hall–Kier alpha value is -3.64. The quantitative estimate of drug-likeness (QED) is 0.126. The van der Waals surface area contributed by atoms with E-state index in [9.17, 15) is 14.4 Å². The third-order valence-corrected chi connectivity index (χ3v) is 6.88. The predicted octanol–water partition coefficient (Wildman–Crippen LogP) is 6.37. The van der Waals surface area contributed by atoms with Crippen LogP contribution in [0, 0.1) is 12.3 Å².